The zero-order valence-corrected chi connectivity index (χ0v) is 16.8. The molecule has 5 nitrogen and oxygen atoms in total. The molecule has 1 heterocycles. The number of aryl methyl sites for hydroxylation is 1. The molecule has 0 spiro atoms. The summed E-state index contributed by atoms with van der Waals surface area (Å²) in [5.41, 5.74) is 3.09. The second-order valence-corrected chi connectivity index (χ2v) is 7.45. The topological polar surface area (TPSA) is 58.6 Å². The molecule has 148 valence electrons. The maximum absolute atomic E-state index is 12.5. The van der Waals surface area contributed by atoms with E-state index in [1.165, 1.54) is 5.56 Å². The van der Waals surface area contributed by atoms with Crippen LogP contribution in [0.5, 0.6) is 5.75 Å². The molecule has 5 heteroatoms. The zero-order chi connectivity index (χ0) is 20.1. The average molecular weight is 380 g/mol. The van der Waals surface area contributed by atoms with Gasteiger partial charge in [0.15, 0.2) is 0 Å². The van der Waals surface area contributed by atoms with E-state index < -0.39 is 0 Å². The first-order chi connectivity index (χ1) is 13.5. The fourth-order valence-corrected chi connectivity index (χ4v) is 3.34. The SMILES string of the molecule is CCc1ccc(N2C[C@@H](C(=O)NCc3ccc(OC(C)C)cc3)CC2=O)cc1. The monoisotopic (exact) mass is 380 g/mol. The van der Waals surface area contributed by atoms with Gasteiger partial charge in [-0.05, 0) is 55.7 Å². The van der Waals surface area contributed by atoms with Crippen molar-refractivity contribution in [1.29, 1.82) is 0 Å². The molecule has 0 saturated carbocycles. The lowest BCUT2D eigenvalue weighted by Gasteiger charge is -2.17. The van der Waals surface area contributed by atoms with Crippen molar-refractivity contribution < 1.29 is 14.3 Å². The lowest BCUT2D eigenvalue weighted by Crippen LogP contribution is -2.32. The minimum atomic E-state index is -0.318. The van der Waals surface area contributed by atoms with Crippen molar-refractivity contribution in [3.8, 4) is 5.75 Å². The molecular weight excluding hydrogens is 352 g/mol. The number of hydrogen-bond donors (Lipinski definition) is 1. The lowest BCUT2D eigenvalue weighted by atomic mass is 10.1. The Morgan fingerprint density at radius 3 is 2.36 bits per heavy atom. The summed E-state index contributed by atoms with van der Waals surface area (Å²) in [4.78, 5) is 26.6. The van der Waals surface area contributed by atoms with Gasteiger partial charge in [0.1, 0.15) is 5.75 Å². The first kappa shape index (κ1) is 19.9. The molecule has 0 unspecified atom stereocenters. The van der Waals surface area contributed by atoms with Crippen molar-refractivity contribution in [2.45, 2.75) is 46.3 Å². The molecule has 28 heavy (non-hydrogen) atoms. The van der Waals surface area contributed by atoms with Crippen LogP contribution in [0.1, 0.15) is 38.3 Å². The van der Waals surface area contributed by atoms with Crippen LogP contribution in [0.2, 0.25) is 0 Å². The molecule has 1 atom stereocenters. The Balaban J connectivity index is 1.54. The highest BCUT2D eigenvalue weighted by atomic mass is 16.5. The van der Waals surface area contributed by atoms with Gasteiger partial charge in [0.25, 0.3) is 0 Å². The molecular formula is C23H28N2O3. The number of carbonyl (C=O) groups excluding carboxylic acids is 2. The van der Waals surface area contributed by atoms with Crippen molar-refractivity contribution in [1.82, 2.24) is 5.32 Å². The predicted molar refractivity (Wildman–Crippen MR) is 110 cm³/mol. The van der Waals surface area contributed by atoms with E-state index in [1.54, 1.807) is 4.90 Å². The largest absolute Gasteiger partial charge is 0.491 e. The van der Waals surface area contributed by atoms with Gasteiger partial charge in [-0.3, -0.25) is 9.59 Å². The van der Waals surface area contributed by atoms with E-state index >= 15 is 0 Å². The van der Waals surface area contributed by atoms with Crippen LogP contribution < -0.4 is 15.0 Å². The second-order valence-electron chi connectivity index (χ2n) is 7.45. The summed E-state index contributed by atoms with van der Waals surface area (Å²) >= 11 is 0. The lowest BCUT2D eigenvalue weighted by molar-refractivity contribution is -0.126. The second kappa shape index (κ2) is 8.91. The van der Waals surface area contributed by atoms with E-state index in [1.807, 2.05) is 62.4 Å². The van der Waals surface area contributed by atoms with E-state index in [2.05, 4.69) is 12.2 Å². The number of nitrogens with one attached hydrogen (secondary N) is 1. The van der Waals surface area contributed by atoms with Crippen molar-refractivity contribution in [3.63, 3.8) is 0 Å². The average Bonchev–Trinajstić information content (AvgIpc) is 3.08. The highest BCUT2D eigenvalue weighted by Gasteiger charge is 2.34. The Morgan fingerprint density at radius 2 is 1.75 bits per heavy atom. The maximum Gasteiger partial charge on any atom is 0.227 e. The van der Waals surface area contributed by atoms with Gasteiger partial charge < -0.3 is 15.0 Å². The van der Waals surface area contributed by atoms with Crippen LogP contribution in [0.3, 0.4) is 0 Å². The molecule has 0 aromatic heterocycles. The van der Waals surface area contributed by atoms with Crippen LogP contribution in [0, 0.1) is 5.92 Å². The summed E-state index contributed by atoms with van der Waals surface area (Å²) in [6, 6.07) is 15.7. The Labute approximate surface area is 166 Å². The summed E-state index contributed by atoms with van der Waals surface area (Å²) in [6.07, 6.45) is 1.35. The Bertz CT molecular complexity index is 813. The van der Waals surface area contributed by atoms with Crippen LogP contribution in [-0.2, 0) is 22.6 Å². The number of benzene rings is 2. The molecule has 3 rings (SSSR count). The van der Waals surface area contributed by atoms with E-state index in [4.69, 9.17) is 4.74 Å². The summed E-state index contributed by atoms with van der Waals surface area (Å²) < 4.78 is 5.63. The summed E-state index contributed by atoms with van der Waals surface area (Å²) in [5.74, 6) is 0.418. The molecule has 2 aromatic rings. The van der Waals surface area contributed by atoms with Crippen LogP contribution in [-0.4, -0.2) is 24.5 Å². The van der Waals surface area contributed by atoms with Gasteiger partial charge in [0.05, 0.1) is 12.0 Å². The van der Waals surface area contributed by atoms with E-state index in [-0.39, 0.29) is 30.3 Å². The summed E-state index contributed by atoms with van der Waals surface area (Å²) in [5, 5.41) is 2.95. The van der Waals surface area contributed by atoms with Crippen molar-refractivity contribution >= 4 is 17.5 Å². The van der Waals surface area contributed by atoms with Gasteiger partial charge in [-0.2, -0.15) is 0 Å². The van der Waals surface area contributed by atoms with Gasteiger partial charge >= 0.3 is 0 Å². The molecule has 1 aliphatic heterocycles. The number of nitrogens with zero attached hydrogens (tertiary/aromatic N) is 1. The zero-order valence-electron chi connectivity index (χ0n) is 16.8. The highest BCUT2D eigenvalue weighted by molar-refractivity contribution is 6.00. The van der Waals surface area contributed by atoms with Crippen LogP contribution in [0.15, 0.2) is 48.5 Å². The van der Waals surface area contributed by atoms with Gasteiger partial charge in [0.2, 0.25) is 11.8 Å². The van der Waals surface area contributed by atoms with Crippen LogP contribution in [0.25, 0.3) is 0 Å². The van der Waals surface area contributed by atoms with Crippen LogP contribution in [0.4, 0.5) is 5.69 Å². The smallest absolute Gasteiger partial charge is 0.227 e. The Kier molecular flexibility index (Phi) is 6.34. The quantitative estimate of drug-likeness (QED) is 0.797. The van der Waals surface area contributed by atoms with Gasteiger partial charge in [0, 0.05) is 25.2 Å². The molecule has 0 radical (unpaired) electrons. The van der Waals surface area contributed by atoms with Crippen molar-refractivity contribution in [2.24, 2.45) is 5.92 Å². The van der Waals surface area contributed by atoms with Crippen LogP contribution >= 0.6 is 0 Å². The first-order valence-electron chi connectivity index (χ1n) is 9.89. The Morgan fingerprint density at radius 1 is 1.11 bits per heavy atom. The first-order valence-corrected chi connectivity index (χ1v) is 9.89. The number of amides is 2. The number of hydrogen-bond acceptors (Lipinski definition) is 3. The summed E-state index contributed by atoms with van der Waals surface area (Å²) in [7, 11) is 0. The number of rotatable bonds is 7. The standard InChI is InChI=1S/C23H28N2O3/c1-4-17-5-9-20(10-6-17)25-15-19(13-22(25)26)23(27)24-14-18-7-11-21(12-8-18)28-16(2)3/h5-12,16,19H,4,13-15H2,1-3H3,(H,24,27)/t19-/m0/s1. The van der Waals surface area contributed by atoms with E-state index in [0.29, 0.717) is 13.1 Å². The molecule has 1 aliphatic rings. The minimum absolute atomic E-state index is 0.000384. The third-order valence-electron chi connectivity index (χ3n) is 4.91. The molecule has 2 aromatic carbocycles. The number of ether oxygens (including phenoxy) is 1. The molecule has 1 N–H and O–H groups in total. The molecule has 1 saturated heterocycles. The fraction of sp³-hybridized carbons (Fsp3) is 0.391. The van der Waals surface area contributed by atoms with E-state index in [0.717, 1.165) is 23.4 Å². The number of anilines is 1. The summed E-state index contributed by atoms with van der Waals surface area (Å²) in [6.45, 7) is 6.94. The normalized spacial score (nSPS) is 16.5. The molecule has 2 amide bonds. The predicted octanol–water partition coefficient (Wildman–Crippen LogP) is 3.71. The van der Waals surface area contributed by atoms with Gasteiger partial charge in [-0.25, -0.2) is 0 Å². The Hall–Kier alpha value is -2.82. The van der Waals surface area contributed by atoms with Gasteiger partial charge in [-0.1, -0.05) is 31.2 Å². The maximum atomic E-state index is 12.5. The van der Waals surface area contributed by atoms with Crippen molar-refractivity contribution in [2.75, 3.05) is 11.4 Å². The fourth-order valence-electron chi connectivity index (χ4n) is 3.34. The third-order valence-corrected chi connectivity index (χ3v) is 4.91. The van der Waals surface area contributed by atoms with Crippen molar-refractivity contribution in [3.05, 3.63) is 59.7 Å². The highest BCUT2D eigenvalue weighted by Crippen LogP contribution is 2.25. The molecule has 0 bridgehead atoms. The molecule has 0 aliphatic carbocycles. The third kappa shape index (κ3) is 4.91. The van der Waals surface area contributed by atoms with Gasteiger partial charge in [-0.15, -0.1) is 0 Å². The molecule has 1 fully saturated rings. The minimum Gasteiger partial charge on any atom is -0.491 e. The number of carbonyl (C=O) groups is 2. The van der Waals surface area contributed by atoms with E-state index in [9.17, 15) is 9.59 Å².